The van der Waals surface area contributed by atoms with E-state index in [0.29, 0.717) is 23.7 Å². The Morgan fingerprint density at radius 1 is 0.533 bits per heavy atom. The van der Waals surface area contributed by atoms with Gasteiger partial charge in [0.1, 0.15) is 0 Å². The van der Waals surface area contributed by atoms with Crippen LogP contribution >= 0.6 is 0 Å². The lowest BCUT2D eigenvalue weighted by Crippen LogP contribution is -2.31. The number of hydrogen-bond acceptors (Lipinski definition) is 3. The Labute approximate surface area is 275 Å². The van der Waals surface area contributed by atoms with Crippen molar-refractivity contribution in [2.24, 2.45) is 23.7 Å². The van der Waals surface area contributed by atoms with Crippen LogP contribution in [0.2, 0.25) is 0 Å². The van der Waals surface area contributed by atoms with Gasteiger partial charge in [-0.3, -0.25) is 0 Å². The maximum Gasteiger partial charge on any atom is 0.0236 e. The van der Waals surface area contributed by atoms with Crippen LogP contribution in [0.5, 0.6) is 0 Å². The van der Waals surface area contributed by atoms with Crippen LogP contribution in [-0.4, -0.2) is 55.5 Å². The topological polar surface area (TPSA) is 9.72 Å². The van der Waals surface area contributed by atoms with E-state index in [1.54, 1.807) is 50.1 Å². The molecule has 3 heteroatoms. The first kappa shape index (κ1) is 32.5. The van der Waals surface area contributed by atoms with E-state index in [1.165, 1.54) is 71.0 Å². The van der Waals surface area contributed by atoms with Gasteiger partial charge in [-0.15, -0.1) is 0 Å². The van der Waals surface area contributed by atoms with Crippen molar-refractivity contribution in [2.45, 2.75) is 91.8 Å². The maximum absolute atomic E-state index is 2.60. The summed E-state index contributed by atoms with van der Waals surface area (Å²) < 4.78 is 0. The molecule has 242 valence electrons. The van der Waals surface area contributed by atoms with Crippen LogP contribution in [0.25, 0.3) is 0 Å². The molecule has 0 amide bonds. The SMILES string of the molecule is CC(CCc1cccc2c1CN(C)CC2)C(C)C(Cc1cccc2c1CCN(C)C2)C(C)CCc1cccc2c1CN(C)CC2. The van der Waals surface area contributed by atoms with E-state index in [-0.39, 0.29) is 0 Å². The van der Waals surface area contributed by atoms with Gasteiger partial charge in [0.25, 0.3) is 0 Å². The zero-order chi connectivity index (χ0) is 31.5. The zero-order valence-electron chi connectivity index (χ0n) is 29.2. The molecule has 45 heavy (non-hydrogen) atoms. The van der Waals surface area contributed by atoms with E-state index in [4.69, 9.17) is 0 Å². The van der Waals surface area contributed by atoms with Crippen LogP contribution in [0.4, 0.5) is 0 Å². The molecule has 3 heterocycles. The quantitative estimate of drug-likeness (QED) is 0.219. The summed E-state index contributed by atoms with van der Waals surface area (Å²) in [5.41, 5.74) is 14.5. The van der Waals surface area contributed by atoms with Crippen molar-refractivity contribution < 1.29 is 0 Å². The smallest absolute Gasteiger partial charge is 0.0236 e. The summed E-state index contributed by atoms with van der Waals surface area (Å²) in [6.07, 6.45) is 9.78. The van der Waals surface area contributed by atoms with Gasteiger partial charge >= 0.3 is 0 Å². The third kappa shape index (κ3) is 7.58. The van der Waals surface area contributed by atoms with Crippen molar-refractivity contribution in [3.8, 4) is 0 Å². The highest BCUT2D eigenvalue weighted by molar-refractivity contribution is 5.39. The van der Waals surface area contributed by atoms with Gasteiger partial charge in [0, 0.05) is 39.3 Å². The molecule has 0 radical (unpaired) electrons. The second-order valence-electron chi connectivity index (χ2n) is 15.4. The molecule has 0 saturated heterocycles. The summed E-state index contributed by atoms with van der Waals surface area (Å²) in [6.45, 7) is 14.6. The fourth-order valence-electron chi connectivity index (χ4n) is 8.88. The molecule has 3 aromatic carbocycles. The van der Waals surface area contributed by atoms with E-state index in [0.717, 1.165) is 19.6 Å². The first-order chi connectivity index (χ1) is 21.8. The van der Waals surface area contributed by atoms with Gasteiger partial charge in [-0.25, -0.2) is 0 Å². The highest BCUT2D eigenvalue weighted by Gasteiger charge is 2.30. The van der Waals surface area contributed by atoms with Gasteiger partial charge in [-0.05, 0) is 146 Å². The average Bonchev–Trinajstić information content (AvgIpc) is 3.04. The van der Waals surface area contributed by atoms with E-state index in [9.17, 15) is 0 Å². The molecule has 3 aliphatic rings. The van der Waals surface area contributed by atoms with Crippen LogP contribution in [0, 0.1) is 23.7 Å². The molecule has 0 bridgehead atoms. The fourth-order valence-corrected chi connectivity index (χ4v) is 8.88. The van der Waals surface area contributed by atoms with Crippen molar-refractivity contribution in [2.75, 3.05) is 40.8 Å². The molecule has 3 nitrogen and oxygen atoms in total. The third-order valence-corrected chi connectivity index (χ3v) is 12.2. The van der Waals surface area contributed by atoms with Gasteiger partial charge in [-0.1, -0.05) is 75.4 Å². The van der Waals surface area contributed by atoms with Gasteiger partial charge in [-0.2, -0.15) is 0 Å². The van der Waals surface area contributed by atoms with E-state index >= 15 is 0 Å². The summed E-state index contributed by atoms with van der Waals surface area (Å²) in [4.78, 5) is 7.48. The minimum Gasteiger partial charge on any atom is -0.302 e. The van der Waals surface area contributed by atoms with Crippen LogP contribution in [-0.2, 0) is 58.2 Å². The second-order valence-corrected chi connectivity index (χ2v) is 15.4. The van der Waals surface area contributed by atoms with Gasteiger partial charge < -0.3 is 14.7 Å². The lowest BCUT2D eigenvalue weighted by atomic mass is 9.70. The summed E-state index contributed by atoms with van der Waals surface area (Å²) >= 11 is 0. The minimum absolute atomic E-state index is 0.680. The highest BCUT2D eigenvalue weighted by Crippen LogP contribution is 2.37. The Hall–Kier alpha value is -2.46. The molecule has 4 unspecified atom stereocenters. The molecule has 0 aromatic heterocycles. The van der Waals surface area contributed by atoms with Crippen LogP contribution in [0.15, 0.2) is 54.6 Å². The first-order valence-electron chi connectivity index (χ1n) is 18.1. The highest BCUT2D eigenvalue weighted by atomic mass is 15.1. The Bertz CT molecular complexity index is 1440. The summed E-state index contributed by atoms with van der Waals surface area (Å²) in [5, 5.41) is 0. The Kier molecular flexibility index (Phi) is 10.5. The zero-order valence-corrected chi connectivity index (χ0v) is 29.2. The molecular formula is C42H59N3. The standard InChI is InChI=1S/C42H59N3/c1-30(16-18-33-10-7-12-35-20-23-44(5)28-41(33)35)32(3)40(26-37-14-9-15-38-27-43(4)25-22-39(37)38)31(2)17-19-34-11-8-13-36-21-24-45(6)29-42(34)36/h7-15,30-32,40H,16-29H2,1-6H3. The Morgan fingerprint density at radius 3 is 1.62 bits per heavy atom. The lowest BCUT2D eigenvalue weighted by Gasteiger charge is -2.36. The van der Waals surface area contributed by atoms with Gasteiger partial charge in [0.15, 0.2) is 0 Å². The fraction of sp³-hybridized carbons (Fsp3) is 0.571. The number of aryl methyl sites for hydroxylation is 2. The molecule has 3 aliphatic heterocycles. The first-order valence-corrected chi connectivity index (χ1v) is 18.1. The Balaban J connectivity index is 1.20. The number of rotatable bonds is 11. The summed E-state index contributed by atoms with van der Waals surface area (Å²) in [5.74, 6) is 2.74. The van der Waals surface area contributed by atoms with Crippen molar-refractivity contribution >= 4 is 0 Å². The maximum atomic E-state index is 2.60. The van der Waals surface area contributed by atoms with Crippen molar-refractivity contribution in [1.29, 1.82) is 0 Å². The van der Waals surface area contributed by atoms with Gasteiger partial charge in [0.05, 0.1) is 0 Å². The second kappa shape index (κ2) is 14.5. The van der Waals surface area contributed by atoms with Crippen molar-refractivity contribution in [3.63, 3.8) is 0 Å². The predicted octanol–water partition coefficient (Wildman–Crippen LogP) is 7.98. The van der Waals surface area contributed by atoms with E-state index < -0.39 is 0 Å². The minimum atomic E-state index is 0.680. The number of fused-ring (bicyclic) bond motifs is 3. The number of hydrogen-bond donors (Lipinski definition) is 0. The van der Waals surface area contributed by atoms with Crippen molar-refractivity contribution in [3.05, 3.63) is 105 Å². The number of likely N-dealkylation sites (N-methyl/N-ethyl adjacent to an activating group) is 3. The molecule has 0 fully saturated rings. The average molecular weight is 606 g/mol. The summed E-state index contributed by atoms with van der Waals surface area (Å²) in [7, 11) is 6.83. The van der Waals surface area contributed by atoms with Crippen LogP contribution in [0.3, 0.4) is 0 Å². The normalized spacial score (nSPS) is 20.1. The largest absolute Gasteiger partial charge is 0.302 e. The Morgan fingerprint density at radius 2 is 1.02 bits per heavy atom. The van der Waals surface area contributed by atoms with Crippen LogP contribution < -0.4 is 0 Å². The summed E-state index contributed by atoms with van der Waals surface area (Å²) in [6, 6.07) is 21.4. The molecule has 0 spiro atoms. The molecule has 0 N–H and O–H groups in total. The molecule has 3 aromatic rings. The number of nitrogens with zero attached hydrogens (tertiary/aromatic N) is 3. The molecule has 0 aliphatic carbocycles. The van der Waals surface area contributed by atoms with Crippen molar-refractivity contribution in [1.82, 2.24) is 14.7 Å². The lowest BCUT2D eigenvalue weighted by molar-refractivity contribution is 0.178. The predicted molar refractivity (Wildman–Crippen MR) is 191 cm³/mol. The molecule has 6 rings (SSSR count). The van der Waals surface area contributed by atoms with E-state index in [2.05, 4.69) is 111 Å². The monoisotopic (exact) mass is 605 g/mol. The molecule has 0 saturated carbocycles. The third-order valence-electron chi connectivity index (χ3n) is 12.2. The van der Waals surface area contributed by atoms with E-state index in [1.807, 2.05) is 0 Å². The number of benzene rings is 3. The molecule has 4 atom stereocenters. The van der Waals surface area contributed by atoms with Gasteiger partial charge in [0.2, 0.25) is 0 Å². The van der Waals surface area contributed by atoms with Crippen LogP contribution in [0.1, 0.15) is 83.7 Å². The molecular weight excluding hydrogens is 546 g/mol.